The number of nitrogens with one attached hydrogen (secondary N) is 2. The zero-order valence-electron chi connectivity index (χ0n) is 12.7. The molecule has 2 N–H and O–H groups in total. The van der Waals surface area contributed by atoms with E-state index < -0.39 is 10.0 Å². The van der Waals surface area contributed by atoms with Crippen molar-refractivity contribution in [2.24, 2.45) is 0 Å². The number of aryl methyl sites for hydroxylation is 1. The lowest BCUT2D eigenvalue weighted by atomic mass is 10.3. The van der Waals surface area contributed by atoms with Crippen LogP contribution in [-0.4, -0.2) is 24.5 Å². The first-order chi connectivity index (χ1) is 11.8. The third-order valence-electron chi connectivity index (χ3n) is 2.96. The second-order valence-electron chi connectivity index (χ2n) is 4.84. The second-order valence-corrected chi connectivity index (χ2v) is 9.05. The summed E-state index contributed by atoms with van der Waals surface area (Å²) >= 11 is 8.16. The summed E-state index contributed by atoms with van der Waals surface area (Å²) in [4.78, 5) is 12.6. The molecular weight excluding hydrogens is 404 g/mol. The average Bonchev–Trinajstić information content (AvgIpc) is 3.16. The molecule has 0 saturated carbocycles. The SMILES string of the molecule is Cc1nnc(NS(=O)(=O)c2ccc(NC(=O)c3cc(Cl)cs3)cc2)s1. The molecule has 0 aliphatic carbocycles. The molecule has 0 fully saturated rings. The van der Waals surface area contributed by atoms with Gasteiger partial charge in [0.1, 0.15) is 5.01 Å². The number of carbonyl (C=O) groups is 1. The number of sulfonamides is 1. The van der Waals surface area contributed by atoms with Gasteiger partial charge in [0.25, 0.3) is 15.9 Å². The van der Waals surface area contributed by atoms with Crippen molar-refractivity contribution in [1.82, 2.24) is 10.2 Å². The van der Waals surface area contributed by atoms with E-state index in [0.29, 0.717) is 20.6 Å². The molecule has 0 radical (unpaired) electrons. The van der Waals surface area contributed by atoms with Crippen molar-refractivity contribution < 1.29 is 13.2 Å². The Hall–Kier alpha value is -2.01. The third-order valence-corrected chi connectivity index (χ3v) is 6.48. The quantitative estimate of drug-likeness (QED) is 0.664. The van der Waals surface area contributed by atoms with Crippen molar-refractivity contribution in [2.75, 3.05) is 10.0 Å². The number of thiophene rings is 1. The molecule has 130 valence electrons. The Labute approximate surface area is 156 Å². The van der Waals surface area contributed by atoms with Gasteiger partial charge in [0.05, 0.1) is 14.8 Å². The van der Waals surface area contributed by atoms with E-state index in [-0.39, 0.29) is 15.9 Å². The number of rotatable bonds is 5. The van der Waals surface area contributed by atoms with E-state index >= 15 is 0 Å². The van der Waals surface area contributed by atoms with Crippen LogP contribution in [0, 0.1) is 6.92 Å². The Bertz CT molecular complexity index is 1010. The number of aromatic nitrogens is 2. The first-order valence-electron chi connectivity index (χ1n) is 6.82. The van der Waals surface area contributed by atoms with Crippen LogP contribution < -0.4 is 10.0 Å². The molecule has 7 nitrogen and oxygen atoms in total. The number of carbonyl (C=O) groups excluding carboxylic acids is 1. The average molecular weight is 415 g/mol. The summed E-state index contributed by atoms with van der Waals surface area (Å²) in [5.41, 5.74) is 0.472. The van der Waals surface area contributed by atoms with Gasteiger partial charge in [0, 0.05) is 11.1 Å². The smallest absolute Gasteiger partial charge is 0.265 e. The predicted octanol–water partition coefficient (Wildman–Crippen LogP) is 3.61. The number of halogens is 1. The first kappa shape index (κ1) is 17.8. The molecule has 3 rings (SSSR count). The van der Waals surface area contributed by atoms with Crippen LogP contribution >= 0.6 is 34.3 Å². The maximum atomic E-state index is 12.3. The van der Waals surface area contributed by atoms with Crippen molar-refractivity contribution in [1.29, 1.82) is 0 Å². The van der Waals surface area contributed by atoms with Crippen LogP contribution in [0.5, 0.6) is 0 Å². The van der Waals surface area contributed by atoms with Gasteiger partial charge in [-0.15, -0.1) is 21.5 Å². The van der Waals surface area contributed by atoms with Gasteiger partial charge < -0.3 is 5.32 Å². The van der Waals surface area contributed by atoms with Crippen LogP contribution in [0.3, 0.4) is 0 Å². The second kappa shape index (κ2) is 7.08. The first-order valence-corrected chi connectivity index (χ1v) is 10.4. The summed E-state index contributed by atoms with van der Waals surface area (Å²) in [6, 6.07) is 7.37. The highest BCUT2D eigenvalue weighted by Gasteiger charge is 2.17. The van der Waals surface area contributed by atoms with Crippen LogP contribution in [0.1, 0.15) is 14.7 Å². The standard InChI is InChI=1S/C14H11ClN4O3S3/c1-8-17-18-14(24-8)19-25(21,22)11-4-2-10(3-5-11)16-13(20)12-6-9(15)7-23-12/h2-7H,1H3,(H,16,20)(H,18,19). The summed E-state index contributed by atoms with van der Waals surface area (Å²) in [5, 5.41) is 13.2. The molecule has 0 bridgehead atoms. The van der Waals surface area contributed by atoms with Gasteiger partial charge in [-0.25, -0.2) is 8.42 Å². The Balaban J connectivity index is 1.72. The fourth-order valence-corrected chi connectivity index (χ4v) is 4.64. The molecule has 2 aromatic heterocycles. The molecule has 1 aromatic carbocycles. The van der Waals surface area contributed by atoms with Crippen molar-refractivity contribution in [2.45, 2.75) is 11.8 Å². The van der Waals surface area contributed by atoms with Crippen LogP contribution in [-0.2, 0) is 10.0 Å². The molecule has 0 aliphatic rings. The van der Waals surface area contributed by atoms with E-state index in [9.17, 15) is 13.2 Å². The van der Waals surface area contributed by atoms with Gasteiger partial charge in [-0.2, -0.15) is 0 Å². The zero-order chi connectivity index (χ0) is 18.0. The van der Waals surface area contributed by atoms with E-state index in [2.05, 4.69) is 20.2 Å². The minimum absolute atomic E-state index is 0.0533. The Morgan fingerprint density at radius 1 is 1.20 bits per heavy atom. The zero-order valence-corrected chi connectivity index (χ0v) is 15.9. The molecule has 1 amide bonds. The molecule has 0 aliphatic heterocycles. The minimum Gasteiger partial charge on any atom is -0.321 e. The van der Waals surface area contributed by atoms with E-state index in [0.717, 1.165) is 11.3 Å². The van der Waals surface area contributed by atoms with E-state index in [1.807, 2.05) is 0 Å². The lowest BCUT2D eigenvalue weighted by Crippen LogP contribution is -2.13. The van der Waals surface area contributed by atoms with Crippen molar-refractivity contribution in [3.63, 3.8) is 0 Å². The molecule has 25 heavy (non-hydrogen) atoms. The topological polar surface area (TPSA) is 101 Å². The fourth-order valence-electron chi connectivity index (χ4n) is 1.85. The normalized spacial score (nSPS) is 11.3. The highest BCUT2D eigenvalue weighted by Crippen LogP contribution is 2.22. The summed E-state index contributed by atoms with van der Waals surface area (Å²) in [5.74, 6) is -0.310. The number of benzene rings is 1. The number of hydrogen-bond acceptors (Lipinski definition) is 7. The minimum atomic E-state index is -3.76. The maximum absolute atomic E-state index is 12.3. The van der Waals surface area contributed by atoms with Crippen LogP contribution in [0.15, 0.2) is 40.6 Å². The monoisotopic (exact) mass is 414 g/mol. The number of nitrogens with zero attached hydrogens (tertiary/aromatic N) is 2. The summed E-state index contributed by atoms with van der Waals surface area (Å²) in [6.07, 6.45) is 0. The summed E-state index contributed by atoms with van der Waals surface area (Å²) < 4.78 is 27.0. The van der Waals surface area contributed by atoms with Crippen molar-refractivity contribution in [3.8, 4) is 0 Å². The van der Waals surface area contributed by atoms with E-state index in [1.54, 1.807) is 18.4 Å². The van der Waals surface area contributed by atoms with Crippen molar-refractivity contribution >= 4 is 61.0 Å². The lowest BCUT2D eigenvalue weighted by Gasteiger charge is -2.07. The largest absolute Gasteiger partial charge is 0.321 e. The molecule has 0 spiro atoms. The van der Waals surface area contributed by atoms with E-state index in [1.165, 1.54) is 35.6 Å². The van der Waals surface area contributed by atoms with Gasteiger partial charge in [0.2, 0.25) is 5.13 Å². The van der Waals surface area contributed by atoms with Gasteiger partial charge in [-0.05, 0) is 37.3 Å². The van der Waals surface area contributed by atoms with Gasteiger partial charge in [-0.3, -0.25) is 9.52 Å². The molecule has 0 unspecified atom stereocenters. The molecule has 0 saturated heterocycles. The highest BCUT2D eigenvalue weighted by molar-refractivity contribution is 7.93. The Kier molecular flexibility index (Phi) is 5.04. The molecule has 0 atom stereocenters. The fraction of sp³-hybridized carbons (Fsp3) is 0.0714. The van der Waals surface area contributed by atoms with Gasteiger partial charge in [-0.1, -0.05) is 22.9 Å². The lowest BCUT2D eigenvalue weighted by molar-refractivity contribution is 0.103. The molecular formula is C14H11ClN4O3S3. The van der Waals surface area contributed by atoms with Gasteiger partial charge in [0.15, 0.2) is 0 Å². The third kappa shape index (κ3) is 4.34. The molecule has 2 heterocycles. The van der Waals surface area contributed by atoms with Crippen LogP contribution in [0.25, 0.3) is 0 Å². The van der Waals surface area contributed by atoms with Crippen LogP contribution in [0.4, 0.5) is 10.8 Å². The van der Waals surface area contributed by atoms with Crippen LogP contribution in [0.2, 0.25) is 5.02 Å². The Morgan fingerprint density at radius 3 is 2.48 bits per heavy atom. The van der Waals surface area contributed by atoms with E-state index in [4.69, 9.17) is 11.6 Å². The molecule has 11 heteroatoms. The summed E-state index contributed by atoms with van der Waals surface area (Å²) in [7, 11) is -3.76. The summed E-state index contributed by atoms with van der Waals surface area (Å²) in [6.45, 7) is 1.73. The number of amides is 1. The maximum Gasteiger partial charge on any atom is 0.265 e. The number of hydrogen-bond donors (Lipinski definition) is 2. The number of anilines is 2. The highest BCUT2D eigenvalue weighted by atomic mass is 35.5. The Morgan fingerprint density at radius 2 is 1.92 bits per heavy atom. The predicted molar refractivity (Wildman–Crippen MR) is 99.2 cm³/mol. The molecule has 3 aromatic rings. The van der Waals surface area contributed by atoms with Gasteiger partial charge >= 0.3 is 0 Å². The van der Waals surface area contributed by atoms with Crippen molar-refractivity contribution in [3.05, 3.63) is 50.6 Å².